The van der Waals surface area contributed by atoms with Crippen LogP contribution in [0.5, 0.6) is 0 Å². The van der Waals surface area contributed by atoms with Crippen molar-refractivity contribution < 1.29 is 14.5 Å². The van der Waals surface area contributed by atoms with Crippen molar-refractivity contribution >= 4 is 11.8 Å². The maximum atomic E-state index is 12.1. The molecule has 1 aliphatic heterocycles. The highest BCUT2D eigenvalue weighted by atomic mass is 16.6. The van der Waals surface area contributed by atoms with Crippen LogP contribution in [0.3, 0.4) is 0 Å². The van der Waals surface area contributed by atoms with E-state index in [1.807, 2.05) is 20.8 Å². The molecule has 0 radical (unpaired) electrons. The molecule has 1 aromatic rings. The third-order valence-corrected chi connectivity index (χ3v) is 4.22. The van der Waals surface area contributed by atoms with E-state index in [9.17, 15) is 14.9 Å². The molecule has 0 atom stereocenters. The number of piperidine rings is 1. The summed E-state index contributed by atoms with van der Waals surface area (Å²) in [6.07, 6.45) is 1.40. The van der Waals surface area contributed by atoms with Gasteiger partial charge in [-0.2, -0.15) is 5.10 Å². The number of hydrogen-bond donors (Lipinski definition) is 0. The summed E-state index contributed by atoms with van der Waals surface area (Å²) in [5, 5.41) is 15.4. The van der Waals surface area contributed by atoms with E-state index in [1.165, 1.54) is 0 Å². The first-order valence-corrected chi connectivity index (χ1v) is 8.25. The molecule has 0 aliphatic carbocycles. The van der Waals surface area contributed by atoms with Crippen LogP contribution in [0.2, 0.25) is 0 Å². The standard InChI is InChI=1S/C16H26N4O4/c1-11-14(20(22)23)12(2)19(17-11)10-13-6-8-18(9-7-13)15(21)24-16(3,4)5/h13H,6-10H2,1-5H3. The van der Waals surface area contributed by atoms with E-state index in [0.717, 1.165) is 12.8 Å². The van der Waals surface area contributed by atoms with Gasteiger partial charge >= 0.3 is 11.8 Å². The third kappa shape index (κ3) is 4.24. The number of nitrogens with zero attached hydrogens (tertiary/aromatic N) is 4. The first kappa shape index (κ1) is 18.2. The number of amides is 1. The largest absolute Gasteiger partial charge is 0.444 e. The second kappa shape index (κ2) is 6.78. The molecule has 2 rings (SSSR count). The first-order chi connectivity index (χ1) is 11.1. The number of likely N-dealkylation sites (tertiary alicyclic amines) is 1. The molecular formula is C16H26N4O4. The van der Waals surface area contributed by atoms with Crippen LogP contribution in [0.15, 0.2) is 0 Å². The number of carbonyl (C=O) groups is 1. The van der Waals surface area contributed by atoms with Gasteiger partial charge < -0.3 is 9.64 Å². The van der Waals surface area contributed by atoms with Crippen LogP contribution in [0.4, 0.5) is 10.5 Å². The van der Waals surface area contributed by atoms with Crippen molar-refractivity contribution in [1.82, 2.24) is 14.7 Å². The molecule has 134 valence electrons. The topological polar surface area (TPSA) is 90.5 Å². The first-order valence-electron chi connectivity index (χ1n) is 8.25. The van der Waals surface area contributed by atoms with Crippen molar-refractivity contribution in [3.63, 3.8) is 0 Å². The summed E-state index contributed by atoms with van der Waals surface area (Å²) < 4.78 is 7.11. The molecule has 1 aromatic heterocycles. The van der Waals surface area contributed by atoms with Crippen LogP contribution < -0.4 is 0 Å². The molecule has 0 N–H and O–H groups in total. The Hall–Kier alpha value is -2.12. The Morgan fingerprint density at radius 2 is 1.92 bits per heavy atom. The number of hydrogen-bond acceptors (Lipinski definition) is 5. The van der Waals surface area contributed by atoms with E-state index < -0.39 is 5.60 Å². The highest BCUT2D eigenvalue weighted by Crippen LogP contribution is 2.26. The number of aromatic nitrogens is 2. The van der Waals surface area contributed by atoms with Gasteiger partial charge in [0.2, 0.25) is 0 Å². The van der Waals surface area contributed by atoms with Crippen molar-refractivity contribution in [2.75, 3.05) is 13.1 Å². The Labute approximate surface area is 141 Å². The lowest BCUT2D eigenvalue weighted by atomic mass is 9.97. The number of rotatable bonds is 3. The summed E-state index contributed by atoms with van der Waals surface area (Å²) >= 11 is 0. The predicted octanol–water partition coefficient (Wildman–Crippen LogP) is 3.06. The van der Waals surface area contributed by atoms with Crippen molar-refractivity contribution in [3.05, 3.63) is 21.5 Å². The van der Waals surface area contributed by atoms with Crippen molar-refractivity contribution in [1.29, 1.82) is 0 Å². The molecular weight excluding hydrogens is 312 g/mol. The zero-order valence-electron chi connectivity index (χ0n) is 15.0. The van der Waals surface area contributed by atoms with Crippen LogP contribution in [0.25, 0.3) is 0 Å². The lowest BCUT2D eigenvalue weighted by molar-refractivity contribution is -0.386. The molecule has 0 bridgehead atoms. The van der Waals surface area contributed by atoms with E-state index in [2.05, 4.69) is 5.10 Å². The highest BCUT2D eigenvalue weighted by Gasteiger charge is 2.28. The molecule has 8 nitrogen and oxygen atoms in total. The third-order valence-electron chi connectivity index (χ3n) is 4.22. The predicted molar refractivity (Wildman–Crippen MR) is 88.9 cm³/mol. The quantitative estimate of drug-likeness (QED) is 0.624. The van der Waals surface area contributed by atoms with Crippen molar-refractivity contribution in [2.24, 2.45) is 5.92 Å². The molecule has 1 fully saturated rings. The summed E-state index contributed by atoms with van der Waals surface area (Å²) in [5.41, 5.74) is 0.647. The summed E-state index contributed by atoms with van der Waals surface area (Å²) in [6, 6.07) is 0. The molecule has 0 spiro atoms. The van der Waals surface area contributed by atoms with Gasteiger partial charge in [-0.15, -0.1) is 0 Å². The number of ether oxygens (including phenoxy) is 1. The van der Waals surface area contributed by atoms with Crippen LogP contribution in [0, 0.1) is 29.9 Å². The molecule has 1 aliphatic rings. The normalized spacial score (nSPS) is 16.3. The van der Waals surface area contributed by atoms with Crippen molar-refractivity contribution in [3.8, 4) is 0 Å². The van der Waals surface area contributed by atoms with E-state index >= 15 is 0 Å². The second-order valence-electron chi connectivity index (χ2n) is 7.37. The Morgan fingerprint density at radius 3 is 2.38 bits per heavy atom. The molecule has 1 saturated heterocycles. The summed E-state index contributed by atoms with van der Waals surface area (Å²) in [6.45, 7) is 10.9. The minimum absolute atomic E-state index is 0.0983. The molecule has 0 saturated carbocycles. The van der Waals surface area contributed by atoms with Gasteiger partial charge in [0.1, 0.15) is 17.0 Å². The molecule has 0 aromatic carbocycles. The second-order valence-corrected chi connectivity index (χ2v) is 7.37. The highest BCUT2D eigenvalue weighted by molar-refractivity contribution is 5.68. The monoisotopic (exact) mass is 338 g/mol. The zero-order chi connectivity index (χ0) is 18.1. The van der Waals surface area contributed by atoms with Crippen LogP contribution in [-0.2, 0) is 11.3 Å². The SMILES string of the molecule is Cc1nn(CC2CCN(C(=O)OC(C)(C)C)CC2)c(C)c1[N+](=O)[O-]. The summed E-state index contributed by atoms with van der Waals surface area (Å²) in [7, 11) is 0. The lowest BCUT2D eigenvalue weighted by Gasteiger charge is -2.33. The Kier molecular flexibility index (Phi) is 5.15. The summed E-state index contributed by atoms with van der Waals surface area (Å²) in [5.74, 6) is 0.348. The van der Waals surface area contributed by atoms with Gasteiger partial charge in [0.05, 0.1) is 4.92 Å². The Morgan fingerprint density at radius 1 is 1.33 bits per heavy atom. The van der Waals surface area contributed by atoms with Gasteiger partial charge in [0, 0.05) is 19.6 Å². The van der Waals surface area contributed by atoms with E-state index in [-0.39, 0.29) is 16.7 Å². The van der Waals surface area contributed by atoms with Gasteiger partial charge in [-0.25, -0.2) is 4.79 Å². The van der Waals surface area contributed by atoms with E-state index in [1.54, 1.807) is 23.4 Å². The minimum Gasteiger partial charge on any atom is -0.444 e. The number of carbonyl (C=O) groups excluding carboxylic acids is 1. The average Bonchev–Trinajstić information content (AvgIpc) is 2.72. The van der Waals surface area contributed by atoms with Crippen LogP contribution in [-0.4, -0.2) is 44.4 Å². The van der Waals surface area contributed by atoms with E-state index in [4.69, 9.17) is 4.74 Å². The maximum Gasteiger partial charge on any atom is 0.410 e. The summed E-state index contributed by atoms with van der Waals surface area (Å²) in [4.78, 5) is 24.5. The molecule has 0 unspecified atom stereocenters. The smallest absolute Gasteiger partial charge is 0.410 e. The molecule has 2 heterocycles. The fourth-order valence-electron chi connectivity index (χ4n) is 3.00. The van der Waals surface area contributed by atoms with E-state index in [0.29, 0.717) is 36.9 Å². The number of nitro groups is 1. The fourth-order valence-corrected chi connectivity index (χ4v) is 3.00. The van der Waals surface area contributed by atoms with Gasteiger partial charge in [0.15, 0.2) is 0 Å². The van der Waals surface area contributed by atoms with Crippen LogP contribution >= 0.6 is 0 Å². The average molecular weight is 338 g/mol. The van der Waals surface area contributed by atoms with Gasteiger partial charge in [-0.3, -0.25) is 14.8 Å². The zero-order valence-corrected chi connectivity index (χ0v) is 15.0. The number of aryl methyl sites for hydroxylation is 1. The van der Waals surface area contributed by atoms with Crippen LogP contribution in [0.1, 0.15) is 45.0 Å². The van der Waals surface area contributed by atoms with Gasteiger partial charge in [-0.1, -0.05) is 0 Å². The minimum atomic E-state index is -0.490. The molecule has 1 amide bonds. The van der Waals surface area contributed by atoms with Gasteiger partial charge in [0.25, 0.3) is 0 Å². The van der Waals surface area contributed by atoms with Crippen molar-refractivity contribution in [2.45, 2.75) is 59.6 Å². The lowest BCUT2D eigenvalue weighted by Crippen LogP contribution is -2.42. The maximum absolute atomic E-state index is 12.1. The van der Waals surface area contributed by atoms with Gasteiger partial charge in [-0.05, 0) is 53.4 Å². The molecule has 8 heteroatoms. The Balaban J connectivity index is 1.93. The molecule has 24 heavy (non-hydrogen) atoms. The Bertz CT molecular complexity index is 625. The fraction of sp³-hybridized carbons (Fsp3) is 0.750.